The normalized spacial score (nSPS) is 23.9. The van der Waals surface area contributed by atoms with Gasteiger partial charge in [-0.05, 0) is 12.8 Å². The Bertz CT molecular complexity index is 388. The summed E-state index contributed by atoms with van der Waals surface area (Å²) in [6, 6.07) is 0.476. The Morgan fingerprint density at radius 2 is 2.44 bits per heavy atom. The van der Waals surface area contributed by atoms with Crippen molar-refractivity contribution in [2.75, 3.05) is 7.05 Å². The zero-order chi connectivity index (χ0) is 11.7. The second-order valence-corrected chi connectivity index (χ2v) is 4.37. The highest BCUT2D eigenvalue weighted by Crippen LogP contribution is 2.29. The first-order valence-corrected chi connectivity index (χ1v) is 5.46. The van der Waals surface area contributed by atoms with Crippen molar-refractivity contribution in [2.45, 2.75) is 38.4 Å². The van der Waals surface area contributed by atoms with Gasteiger partial charge in [0, 0.05) is 20.0 Å². The van der Waals surface area contributed by atoms with Gasteiger partial charge in [-0.25, -0.2) is 4.68 Å². The number of aromatic nitrogens is 3. The molecular formula is C10H17N5O. The molecule has 88 valence electrons. The summed E-state index contributed by atoms with van der Waals surface area (Å²) in [5.41, 5.74) is 6.66. The Hall–Kier alpha value is -1.43. The Balaban J connectivity index is 1.99. The van der Waals surface area contributed by atoms with Crippen molar-refractivity contribution in [3.05, 3.63) is 11.9 Å². The van der Waals surface area contributed by atoms with Crippen LogP contribution in [0.15, 0.2) is 6.20 Å². The number of nitrogens with two attached hydrogens (primary N) is 1. The molecule has 1 aliphatic rings. The van der Waals surface area contributed by atoms with E-state index in [-0.39, 0.29) is 18.0 Å². The lowest BCUT2D eigenvalue weighted by Crippen LogP contribution is -2.41. The first-order chi connectivity index (χ1) is 7.58. The minimum atomic E-state index is 0.0231. The highest BCUT2D eigenvalue weighted by molar-refractivity contribution is 5.72. The Morgan fingerprint density at radius 3 is 2.94 bits per heavy atom. The predicted molar refractivity (Wildman–Crippen MR) is 58.4 cm³/mol. The molecule has 1 amide bonds. The number of hydrogen-bond acceptors (Lipinski definition) is 4. The standard InChI is InChI=1S/C10H17N5O/c1-7(16)14(2)5-8-6-15(13-12-8)10-4-3-9(10)11/h6,9-10H,3-5,11H2,1-2H3. The average molecular weight is 223 g/mol. The lowest BCUT2D eigenvalue weighted by molar-refractivity contribution is -0.128. The lowest BCUT2D eigenvalue weighted by atomic mass is 9.87. The molecule has 0 spiro atoms. The van der Waals surface area contributed by atoms with Gasteiger partial charge in [0.15, 0.2) is 0 Å². The van der Waals surface area contributed by atoms with Gasteiger partial charge in [-0.15, -0.1) is 5.10 Å². The highest BCUT2D eigenvalue weighted by Gasteiger charge is 2.30. The van der Waals surface area contributed by atoms with Crippen LogP contribution in [0.25, 0.3) is 0 Å². The molecule has 1 heterocycles. The van der Waals surface area contributed by atoms with Gasteiger partial charge in [0.1, 0.15) is 5.69 Å². The molecule has 0 bridgehead atoms. The topological polar surface area (TPSA) is 77.0 Å². The van der Waals surface area contributed by atoms with Crippen LogP contribution >= 0.6 is 0 Å². The van der Waals surface area contributed by atoms with Crippen LogP contribution in [0.2, 0.25) is 0 Å². The Labute approximate surface area is 94.4 Å². The summed E-state index contributed by atoms with van der Waals surface area (Å²) in [6.07, 6.45) is 3.99. The van der Waals surface area contributed by atoms with Crippen LogP contribution < -0.4 is 5.73 Å². The highest BCUT2D eigenvalue weighted by atomic mass is 16.2. The van der Waals surface area contributed by atoms with Crippen molar-refractivity contribution in [3.8, 4) is 0 Å². The summed E-state index contributed by atoms with van der Waals surface area (Å²) in [5.74, 6) is 0.0231. The third-order valence-electron chi connectivity index (χ3n) is 3.12. The van der Waals surface area contributed by atoms with E-state index in [0.717, 1.165) is 18.5 Å². The van der Waals surface area contributed by atoms with Gasteiger partial charge in [-0.2, -0.15) is 0 Å². The first kappa shape index (κ1) is 11.1. The average Bonchev–Trinajstić information content (AvgIpc) is 2.63. The van der Waals surface area contributed by atoms with E-state index >= 15 is 0 Å². The molecule has 2 N–H and O–H groups in total. The number of hydrogen-bond donors (Lipinski definition) is 1. The molecule has 0 aromatic carbocycles. The van der Waals surface area contributed by atoms with Gasteiger partial charge < -0.3 is 10.6 Å². The number of nitrogens with zero attached hydrogens (tertiary/aromatic N) is 4. The second-order valence-electron chi connectivity index (χ2n) is 4.37. The van der Waals surface area contributed by atoms with Gasteiger partial charge in [-0.1, -0.05) is 5.21 Å². The van der Waals surface area contributed by atoms with E-state index in [1.165, 1.54) is 6.92 Å². The van der Waals surface area contributed by atoms with Crippen LogP contribution in [0, 0.1) is 0 Å². The van der Waals surface area contributed by atoms with Crippen LogP contribution in [0.5, 0.6) is 0 Å². The van der Waals surface area contributed by atoms with Crippen LogP contribution in [0.1, 0.15) is 31.5 Å². The van der Waals surface area contributed by atoms with Crippen LogP contribution in [0.4, 0.5) is 0 Å². The molecule has 1 aromatic heterocycles. The quantitative estimate of drug-likeness (QED) is 0.777. The number of carbonyl (C=O) groups is 1. The molecular weight excluding hydrogens is 206 g/mol. The maximum atomic E-state index is 11.1. The molecule has 2 atom stereocenters. The smallest absolute Gasteiger partial charge is 0.219 e. The van der Waals surface area contributed by atoms with Gasteiger partial charge in [-0.3, -0.25) is 4.79 Å². The number of amides is 1. The van der Waals surface area contributed by atoms with Crippen molar-refractivity contribution in [2.24, 2.45) is 5.73 Å². The second kappa shape index (κ2) is 4.21. The summed E-state index contributed by atoms with van der Waals surface area (Å²) in [5, 5.41) is 8.09. The molecule has 1 saturated carbocycles. The fraction of sp³-hybridized carbons (Fsp3) is 0.700. The first-order valence-electron chi connectivity index (χ1n) is 5.46. The molecule has 1 aliphatic carbocycles. The number of rotatable bonds is 3. The van der Waals surface area contributed by atoms with E-state index in [0.29, 0.717) is 6.54 Å². The summed E-state index contributed by atoms with van der Waals surface area (Å²) in [7, 11) is 1.75. The molecule has 6 heteroatoms. The predicted octanol–water partition coefficient (Wildman–Crippen LogP) is -0.0814. The molecule has 0 radical (unpaired) electrons. The fourth-order valence-corrected chi connectivity index (χ4v) is 1.74. The molecule has 1 fully saturated rings. The largest absolute Gasteiger partial charge is 0.340 e. The van der Waals surface area contributed by atoms with E-state index < -0.39 is 0 Å². The molecule has 2 unspecified atom stereocenters. The van der Waals surface area contributed by atoms with Crippen molar-refractivity contribution < 1.29 is 4.79 Å². The van der Waals surface area contributed by atoms with Crippen molar-refractivity contribution in [1.82, 2.24) is 19.9 Å². The lowest BCUT2D eigenvalue weighted by Gasteiger charge is -2.32. The Morgan fingerprint density at radius 1 is 1.69 bits per heavy atom. The fourth-order valence-electron chi connectivity index (χ4n) is 1.74. The third-order valence-corrected chi connectivity index (χ3v) is 3.12. The number of carbonyl (C=O) groups excluding carboxylic acids is 1. The maximum absolute atomic E-state index is 11.1. The van der Waals surface area contributed by atoms with E-state index in [4.69, 9.17) is 5.73 Å². The van der Waals surface area contributed by atoms with E-state index in [9.17, 15) is 4.79 Å². The van der Waals surface area contributed by atoms with Gasteiger partial charge in [0.25, 0.3) is 0 Å². The zero-order valence-electron chi connectivity index (χ0n) is 9.63. The van der Waals surface area contributed by atoms with Crippen LogP contribution in [0.3, 0.4) is 0 Å². The van der Waals surface area contributed by atoms with E-state index in [1.807, 2.05) is 10.9 Å². The molecule has 6 nitrogen and oxygen atoms in total. The monoisotopic (exact) mass is 223 g/mol. The summed E-state index contributed by atoms with van der Waals surface area (Å²) >= 11 is 0. The Kier molecular flexibility index (Phi) is 2.91. The maximum Gasteiger partial charge on any atom is 0.219 e. The molecule has 16 heavy (non-hydrogen) atoms. The third kappa shape index (κ3) is 2.06. The summed E-state index contributed by atoms with van der Waals surface area (Å²) in [6.45, 7) is 2.03. The summed E-state index contributed by atoms with van der Waals surface area (Å²) < 4.78 is 1.82. The van der Waals surface area contributed by atoms with Crippen molar-refractivity contribution in [3.63, 3.8) is 0 Å². The van der Waals surface area contributed by atoms with Gasteiger partial charge in [0.2, 0.25) is 5.91 Å². The van der Waals surface area contributed by atoms with Crippen molar-refractivity contribution in [1.29, 1.82) is 0 Å². The van der Waals surface area contributed by atoms with Gasteiger partial charge in [0.05, 0.1) is 18.8 Å². The van der Waals surface area contributed by atoms with Crippen LogP contribution in [-0.2, 0) is 11.3 Å². The van der Waals surface area contributed by atoms with E-state index in [2.05, 4.69) is 10.3 Å². The SMILES string of the molecule is CC(=O)N(C)Cc1cn(C2CCC2N)nn1. The van der Waals surface area contributed by atoms with Gasteiger partial charge >= 0.3 is 0 Å². The van der Waals surface area contributed by atoms with Crippen LogP contribution in [-0.4, -0.2) is 38.9 Å². The molecule has 2 rings (SSSR count). The molecule has 1 aromatic rings. The minimum absolute atomic E-state index is 0.0231. The van der Waals surface area contributed by atoms with E-state index in [1.54, 1.807) is 11.9 Å². The zero-order valence-corrected chi connectivity index (χ0v) is 9.63. The minimum Gasteiger partial charge on any atom is -0.340 e. The molecule has 0 aliphatic heterocycles. The van der Waals surface area contributed by atoms with Crippen molar-refractivity contribution >= 4 is 5.91 Å². The molecule has 0 saturated heterocycles. The summed E-state index contributed by atoms with van der Waals surface area (Å²) in [4.78, 5) is 12.7.